The van der Waals surface area contributed by atoms with Crippen LogP contribution in [-0.4, -0.2) is 19.8 Å². The summed E-state index contributed by atoms with van der Waals surface area (Å²) >= 11 is 0. The van der Waals surface area contributed by atoms with E-state index in [0.717, 1.165) is 37.6 Å². The van der Waals surface area contributed by atoms with Gasteiger partial charge in [0, 0.05) is 24.6 Å². The van der Waals surface area contributed by atoms with Gasteiger partial charge in [-0.15, -0.1) is 0 Å². The molecule has 1 unspecified atom stereocenters. The van der Waals surface area contributed by atoms with Crippen molar-refractivity contribution in [3.63, 3.8) is 0 Å². The summed E-state index contributed by atoms with van der Waals surface area (Å²) in [7, 11) is 0. The number of rotatable bonds is 4. The van der Waals surface area contributed by atoms with Gasteiger partial charge in [-0.2, -0.15) is 0 Å². The lowest BCUT2D eigenvalue weighted by atomic mass is 10.1. The van der Waals surface area contributed by atoms with Gasteiger partial charge in [0.05, 0.1) is 13.2 Å². The van der Waals surface area contributed by atoms with Crippen LogP contribution in [0.5, 0.6) is 5.75 Å². The van der Waals surface area contributed by atoms with E-state index in [1.54, 1.807) is 0 Å². The van der Waals surface area contributed by atoms with Gasteiger partial charge in [0.25, 0.3) is 0 Å². The van der Waals surface area contributed by atoms with Crippen LogP contribution in [0.3, 0.4) is 0 Å². The second-order valence-electron chi connectivity index (χ2n) is 3.85. The van der Waals surface area contributed by atoms with Gasteiger partial charge in [0.15, 0.2) is 0 Å². The molecular formula is C12H17NO2. The number of hydrogen-bond acceptors (Lipinski definition) is 3. The quantitative estimate of drug-likeness (QED) is 0.815. The molecule has 0 aromatic heterocycles. The van der Waals surface area contributed by atoms with Gasteiger partial charge in [-0.05, 0) is 12.5 Å². The maximum Gasteiger partial charge on any atom is 0.123 e. The monoisotopic (exact) mass is 207 g/mol. The predicted molar refractivity (Wildman–Crippen MR) is 58.8 cm³/mol. The van der Waals surface area contributed by atoms with Crippen molar-refractivity contribution in [2.45, 2.75) is 13.0 Å². The average Bonchev–Trinajstić information content (AvgIpc) is 2.79. The Morgan fingerprint density at radius 3 is 3.00 bits per heavy atom. The lowest BCUT2D eigenvalue weighted by molar-refractivity contribution is 0.167. The lowest BCUT2D eigenvalue weighted by Gasteiger charge is -2.12. The van der Waals surface area contributed by atoms with E-state index in [4.69, 9.17) is 15.2 Å². The van der Waals surface area contributed by atoms with Crippen LogP contribution < -0.4 is 10.5 Å². The normalized spacial score (nSPS) is 20.5. The molecular weight excluding hydrogens is 190 g/mol. The fourth-order valence-corrected chi connectivity index (χ4v) is 1.74. The summed E-state index contributed by atoms with van der Waals surface area (Å²) in [6.45, 7) is 2.95. The van der Waals surface area contributed by atoms with Crippen LogP contribution in [0, 0.1) is 5.92 Å². The van der Waals surface area contributed by atoms with Crippen LogP contribution in [-0.2, 0) is 11.3 Å². The Balaban J connectivity index is 1.91. The molecule has 0 saturated carbocycles. The van der Waals surface area contributed by atoms with Gasteiger partial charge in [-0.3, -0.25) is 0 Å². The Labute approximate surface area is 90.2 Å². The molecule has 1 fully saturated rings. The van der Waals surface area contributed by atoms with Crippen molar-refractivity contribution in [2.75, 3.05) is 19.8 Å². The van der Waals surface area contributed by atoms with E-state index in [2.05, 4.69) is 0 Å². The lowest BCUT2D eigenvalue weighted by Crippen LogP contribution is -2.13. The second kappa shape index (κ2) is 5.14. The molecule has 3 nitrogen and oxygen atoms in total. The van der Waals surface area contributed by atoms with Crippen molar-refractivity contribution in [3.8, 4) is 5.75 Å². The summed E-state index contributed by atoms with van der Waals surface area (Å²) in [4.78, 5) is 0. The van der Waals surface area contributed by atoms with Crippen molar-refractivity contribution in [3.05, 3.63) is 29.8 Å². The maximum atomic E-state index is 5.75. The minimum atomic E-state index is 0.525. The fourth-order valence-electron chi connectivity index (χ4n) is 1.74. The Kier molecular flexibility index (Phi) is 3.59. The zero-order chi connectivity index (χ0) is 10.5. The van der Waals surface area contributed by atoms with Crippen molar-refractivity contribution >= 4 is 0 Å². The molecule has 0 aliphatic carbocycles. The van der Waals surface area contributed by atoms with Gasteiger partial charge in [0.1, 0.15) is 5.75 Å². The molecule has 1 aromatic rings. The number of hydrogen-bond donors (Lipinski definition) is 1. The second-order valence-corrected chi connectivity index (χ2v) is 3.85. The number of para-hydroxylation sites is 1. The van der Waals surface area contributed by atoms with Crippen molar-refractivity contribution in [1.29, 1.82) is 0 Å². The molecule has 82 valence electrons. The molecule has 1 heterocycles. The number of nitrogens with two attached hydrogens (primary N) is 1. The van der Waals surface area contributed by atoms with Crippen LogP contribution >= 0.6 is 0 Å². The van der Waals surface area contributed by atoms with Crippen molar-refractivity contribution < 1.29 is 9.47 Å². The van der Waals surface area contributed by atoms with Crippen LogP contribution in [0.1, 0.15) is 12.0 Å². The third kappa shape index (κ3) is 2.70. The Hall–Kier alpha value is -1.06. The first-order chi connectivity index (χ1) is 7.40. The van der Waals surface area contributed by atoms with E-state index in [1.165, 1.54) is 0 Å². The van der Waals surface area contributed by atoms with Crippen molar-refractivity contribution in [2.24, 2.45) is 11.7 Å². The Morgan fingerprint density at radius 2 is 2.27 bits per heavy atom. The molecule has 2 N–H and O–H groups in total. The van der Waals surface area contributed by atoms with Gasteiger partial charge in [-0.25, -0.2) is 0 Å². The first-order valence-corrected chi connectivity index (χ1v) is 5.38. The summed E-state index contributed by atoms with van der Waals surface area (Å²) in [5.74, 6) is 1.45. The molecule has 1 aliphatic rings. The molecule has 0 amide bonds. The SMILES string of the molecule is NCc1ccccc1OCC1CCOC1. The predicted octanol–water partition coefficient (Wildman–Crippen LogP) is 1.56. The molecule has 3 heteroatoms. The summed E-state index contributed by atoms with van der Waals surface area (Å²) < 4.78 is 11.0. The summed E-state index contributed by atoms with van der Waals surface area (Å²) in [6.07, 6.45) is 1.10. The highest BCUT2D eigenvalue weighted by Gasteiger charge is 2.16. The molecule has 0 spiro atoms. The summed E-state index contributed by atoms with van der Waals surface area (Å²) in [5, 5.41) is 0. The van der Waals surface area contributed by atoms with Gasteiger partial charge >= 0.3 is 0 Å². The molecule has 0 bridgehead atoms. The largest absolute Gasteiger partial charge is 0.493 e. The fraction of sp³-hybridized carbons (Fsp3) is 0.500. The van der Waals surface area contributed by atoms with E-state index in [0.29, 0.717) is 12.5 Å². The summed E-state index contributed by atoms with van der Waals surface area (Å²) in [5.41, 5.74) is 6.70. The summed E-state index contributed by atoms with van der Waals surface area (Å²) in [6, 6.07) is 7.92. The highest BCUT2D eigenvalue weighted by molar-refractivity contribution is 5.32. The Morgan fingerprint density at radius 1 is 1.40 bits per heavy atom. The van der Waals surface area contributed by atoms with Gasteiger partial charge in [-0.1, -0.05) is 18.2 Å². The number of benzene rings is 1. The van der Waals surface area contributed by atoms with Crippen LogP contribution in [0.2, 0.25) is 0 Å². The Bertz CT molecular complexity index is 308. The third-order valence-electron chi connectivity index (χ3n) is 2.69. The smallest absolute Gasteiger partial charge is 0.123 e. The average molecular weight is 207 g/mol. The highest BCUT2D eigenvalue weighted by atomic mass is 16.5. The third-order valence-corrected chi connectivity index (χ3v) is 2.69. The zero-order valence-electron chi connectivity index (χ0n) is 8.82. The minimum absolute atomic E-state index is 0.525. The van der Waals surface area contributed by atoms with Crippen LogP contribution in [0.15, 0.2) is 24.3 Å². The van der Waals surface area contributed by atoms with E-state index < -0.39 is 0 Å². The van der Waals surface area contributed by atoms with Crippen LogP contribution in [0.25, 0.3) is 0 Å². The van der Waals surface area contributed by atoms with Crippen LogP contribution in [0.4, 0.5) is 0 Å². The van der Waals surface area contributed by atoms with Gasteiger partial charge < -0.3 is 15.2 Å². The van der Waals surface area contributed by atoms with E-state index in [1.807, 2.05) is 24.3 Å². The van der Waals surface area contributed by atoms with Crippen molar-refractivity contribution in [1.82, 2.24) is 0 Å². The van der Waals surface area contributed by atoms with Gasteiger partial charge in [0.2, 0.25) is 0 Å². The molecule has 1 aliphatic heterocycles. The first-order valence-electron chi connectivity index (χ1n) is 5.38. The standard InChI is InChI=1S/C12H17NO2/c13-7-11-3-1-2-4-12(11)15-9-10-5-6-14-8-10/h1-4,10H,5-9,13H2. The van der Waals surface area contributed by atoms with E-state index >= 15 is 0 Å². The number of ether oxygens (including phenoxy) is 2. The molecule has 1 aromatic carbocycles. The minimum Gasteiger partial charge on any atom is -0.493 e. The molecule has 2 rings (SSSR count). The zero-order valence-corrected chi connectivity index (χ0v) is 8.82. The highest BCUT2D eigenvalue weighted by Crippen LogP contribution is 2.20. The topological polar surface area (TPSA) is 44.5 Å². The van der Waals surface area contributed by atoms with E-state index in [-0.39, 0.29) is 0 Å². The molecule has 15 heavy (non-hydrogen) atoms. The maximum absolute atomic E-state index is 5.75. The molecule has 0 radical (unpaired) electrons. The molecule has 1 atom stereocenters. The van der Waals surface area contributed by atoms with E-state index in [9.17, 15) is 0 Å². The molecule has 1 saturated heterocycles. The first kappa shape index (κ1) is 10.5.